The standard InChI is InChI=1S/C13H9N3O4S/c1-19-7-2-3-8-9(5-11(17)20-10(8)4-7)12(18)15-13-16-14-6-21-13/h2-6H,1H3,(H,15,16,18). The summed E-state index contributed by atoms with van der Waals surface area (Å²) in [4.78, 5) is 23.8. The Bertz CT molecular complexity index is 857. The zero-order chi connectivity index (χ0) is 14.8. The summed E-state index contributed by atoms with van der Waals surface area (Å²) < 4.78 is 10.2. The Morgan fingerprint density at radius 1 is 1.38 bits per heavy atom. The molecule has 0 bridgehead atoms. The zero-order valence-electron chi connectivity index (χ0n) is 10.8. The highest BCUT2D eigenvalue weighted by Crippen LogP contribution is 2.23. The minimum atomic E-state index is -0.613. The number of anilines is 1. The summed E-state index contributed by atoms with van der Waals surface area (Å²) in [5.74, 6) is 0.0853. The molecule has 0 spiro atoms. The van der Waals surface area contributed by atoms with Crippen molar-refractivity contribution in [2.75, 3.05) is 12.4 Å². The van der Waals surface area contributed by atoms with E-state index in [9.17, 15) is 9.59 Å². The SMILES string of the molecule is COc1ccc2c(C(=O)Nc3nncs3)cc(=O)oc2c1. The molecule has 1 aromatic carbocycles. The van der Waals surface area contributed by atoms with Crippen molar-refractivity contribution in [2.45, 2.75) is 0 Å². The van der Waals surface area contributed by atoms with Crippen LogP contribution in [0.4, 0.5) is 5.13 Å². The first-order chi connectivity index (χ1) is 10.2. The Morgan fingerprint density at radius 2 is 2.24 bits per heavy atom. The molecule has 2 heterocycles. The number of amides is 1. The van der Waals surface area contributed by atoms with Crippen molar-refractivity contribution in [3.63, 3.8) is 0 Å². The van der Waals surface area contributed by atoms with Crippen molar-refractivity contribution in [3.05, 3.63) is 45.8 Å². The van der Waals surface area contributed by atoms with Crippen LogP contribution in [-0.4, -0.2) is 23.2 Å². The van der Waals surface area contributed by atoms with Crippen molar-refractivity contribution >= 4 is 33.3 Å². The molecule has 3 aromatic rings. The molecule has 0 saturated heterocycles. The van der Waals surface area contributed by atoms with Gasteiger partial charge in [0.25, 0.3) is 5.91 Å². The number of carbonyl (C=O) groups excluding carboxylic acids is 1. The van der Waals surface area contributed by atoms with Crippen LogP contribution in [0.3, 0.4) is 0 Å². The fourth-order valence-electron chi connectivity index (χ4n) is 1.85. The van der Waals surface area contributed by atoms with Gasteiger partial charge in [-0.25, -0.2) is 4.79 Å². The number of hydrogen-bond donors (Lipinski definition) is 1. The van der Waals surface area contributed by atoms with E-state index < -0.39 is 11.5 Å². The van der Waals surface area contributed by atoms with E-state index in [1.807, 2.05) is 0 Å². The van der Waals surface area contributed by atoms with Crippen molar-refractivity contribution in [1.29, 1.82) is 0 Å². The average molecular weight is 303 g/mol. The zero-order valence-corrected chi connectivity index (χ0v) is 11.6. The molecule has 0 aliphatic rings. The molecule has 0 fully saturated rings. The fourth-order valence-corrected chi connectivity index (χ4v) is 2.29. The molecule has 106 valence electrons. The predicted octanol–water partition coefficient (Wildman–Crippen LogP) is 1.91. The van der Waals surface area contributed by atoms with Gasteiger partial charge < -0.3 is 9.15 Å². The van der Waals surface area contributed by atoms with Crippen LogP contribution >= 0.6 is 11.3 Å². The van der Waals surface area contributed by atoms with Gasteiger partial charge in [0.1, 0.15) is 16.8 Å². The monoisotopic (exact) mass is 303 g/mol. The fraction of sp³-hybridized carbons (Fsp3) is 0.0769. The van der Waals surface area contributed by atoms with Crippen molar-refractivity contribution in [3.8, 4) is 5.75 Å². The Morgan fingerprint density at radius 3 is 2.95 bits per heavy atom. The van der Waals surface area contributed by atoms with E-state index in [2.05, 4.69) is 15.5 Å². The lowest BCUT2D eigenvalue weighted by Crippen LogP contribution is -2.15. The van der Waals surface area contributed by atoms with E-state index in [0.29, 0.717) is 16.3 Å². The maximum absolute atomic E-state index is 12.2. The molecule has 0 aliphatic heterocycles. The summed E-state index contributed by atoms with van der Waals surface area (Å²) in [6, 6.07) is 6.04. The second-order valence-corrected chi connectivity index (χ2v) is 4.87. The van der Waals surface area contributed by atoms with E-state index in [4.69, 9.17) is 9.15 Å². The summed E-state index contributed by atoms with van der Waals surface area (Å²) in [6.07, 6.45) is 0. The number of hydrogen-bond acceptors (Lipinski definition) is 7. The van der Waals surface area contributed by atoms with Gasteiger partial charge in [0.05, 0.1) is 12.7 Å². The maximum atomic E-state index is 12.2. The molecule has 1 amide bonds. The first kappa shape index (κ1) is 13.3. The Balaban J connectivity index is 2.09. The summed E-state index contributed by atoms with van der Waals surface area (Å²) in [6.45, 7) is 0. The third-order valence-electron chi connectivity index (χ3n) is 2.78. The van der Waals surface area contributed by atoms with Crippen LogP contribution in [0.1, 0.15) is 10.4 Å². The molecule has 0 aliphatic carbocycles. The predicted molar refractivity (Wildman–Crippen MR) is 76.9 cm³/mol. The van der Waals surface area contributed by atoms with Gasteiger partial charge in [0.2, 0.25) is 5.13 Å². The number of carbonyl (C=O) groups is 1. The quantitative estimate of drug-likeness (QED) is 0.743. The number of ether oxygens (including phenoxy) is 1. The number of methoxy groups -OCH3 is 1. The van der Waals surface area contributed by atoms with Gasteiger partial charge in [0, 0.05) is 17.5 Å². The molecule has 2 aromatic heterocycles. The van der Waals surface area contributed by atoms with Gasteiger partial charge in [-0.3, -0.25) is 10.1 Å². The van der Waals surface area contributed by atoms with Crippen LogP contribution < -0.4 is 15.7 Å². The topological polar surface area (TPSA) is 94.3 Å². The molecule has 1 N–H and O–H groups in total. The number of rotatable bonds is 3. The molecule has 0 saturated carbocycles. The first-order valence-electron chi connectivity index (χ1n) is 5.87. The first-order valence-corrected chi connectivity index (χ1v) is 6.75. The van der Waals surface area contributed by atoms with Gasteiger partial charge in [0.15, 0.2) is 0 Å². The lowest BCUT2D eigenvalue weighted by Gasteiger charge is -2.06. The lowest BCUT2D eigenvalue weighted by molar-refractivity contribution is 0.102. The van der Waals surface area contributed by atoms with E-state index in [0.717, 1.165) is 6.07 Å². The summed E-state index contributed by atoms with van der Waals surface area (Å²) >= 11 is 1.19. The maximum Gasteiger partial charge on any atom is 0.337 e. The van der Waals surface area contributed by atoms with E-state index >= 15 is 0 Å². The van der Waals surface area contributed by atoms with Crippen LogP contribution in [0.2, 0.25) is 0 Å². The molecule has 21 heavy (non-hydrogen) atoms. The highest BCUT2D eigenvalue weighted by atomic mass is 32.1. The van der Waals surface area contributed by atoms with Crippen LogP contribution in [0.25, 0.3) is 11.0 Å². The highest BCUT2D eigenvalue weighted by molar-refractivity contribution is 7.13. The van der Waals surface area contributed by atoms with Gasteiger partial charge in [-0.05, 0) is 12.1 Å². The number of fused-ring (bicyclic) bond motifs is 1. The third kappa shape index (κ3) is 2.61. The van der Waals surface area contributed by atoms with Crippen LogP contribution in [0.5, 0.6) is 5.75 Å². The number of nitrogens with one attached hydrogen (secondary N) is 1. The number of benzene rings is 1. The van der Waals surface area contributed by atoms with Gasteiger partial charge in [-0.15, -0.1) is 10.2 Å². The van der Waals surface area contributed by atoms with Crippen LogP contribution in [0.15, 0.2) is 39.0 Å². The van der Waals surface area contributed by atoms with E-state index in [1.165, 1.54) is 24.0 Å². The van der Waals surface area contributed by atoms with E-state index in [-0.39, 0.29) is 11.1 Å². The Labute approximate surface area is 122 Å². The van der Waals surface area contributed by atoms with Crippen LogP contribution in [0, 0.1) is 0 Å². The molecule has 3 rings (SSSR count). The smallest absolute Gasteiger partial charge is 0.337 e. The molecular weight excluding hydrogens is 294 g/mol. The molecular formula is C13H9N3O4S. The molecule has 0 unspecified atom stereocenters. The number of nitrogens with zero attached hydrogens (tertiary/aromatic N) is 2. The summed E-state index contributed by atoms with van der Waals surface area (Å²) in [5, 5.41) is 10.8. The number of aromatic nitrogens is 2. The van der Waals surface area contributed by atoms with Gasteiger partial charge in [-0.2, -0.15) is 0 Å². The Kier molecular flexibility index (Phi) is 3.36. The normalized spacial score (nSPS) is 10.5. The lowest BCUT2D eigenvalue weighted by atomic mass is 10.1. The van der Waals surface area contributed by atoms with Crippen molar-refractivity contribution in [1.82, 2.24) is 10.2 Å². The van der Waals surface area contributed by atoms with Gasteiger partial charge >= 0.3 is 5.63 Å². The van der Waals surface area contributed by atoms with E-state index in [1.54, 1.807) is 18.2 Å². The largest absolute Gasteiger partial charge is 0.497 e. The molecule has 7 nitrogen and oxygen atoms in total. The second-order valence-electron chi connectivity index (χ2n) is 4.04. The summed E-state index contributed by atoms with van der Waals surface area (Å²) in [7, 11) is 1.51. The minimum absolute atomic E-state index is 0.208. The van der Waals surface area contributed by atoms with Crippen molar-refractivity contribution < 1.29 is 13.9 Å². The molecule has 8 heteroatoms. The minimum Gasteiger partial charge on any atom is -0.497 e. The van der Waals surface area contributed by atoms with Crippen LogP contribution in [-0.2, 0) is 0 Å². The van der Waals surface area contributed by atoms with Crippen molar-refractivity contribution in [2.24, 2.45) is 0 Å². The molecule has 0 atom stereocenters. The third-order valence-corrected chi connectivity index (χ3v) is 3.38. The Hall–Kier alpha value is -2.74. The second kappa shape index (κ2) is 5.33. The molecule has 0 radical (unpaired) electrons. The average Bonchev–Trinajstić information content (AvgIpc) is 2.98. The van der Waals surface area contributed by atoms with Gasteiger partial charge in [-0.1, -0.05) is 11.3 Å². The highest BCUT2D eigenvalue weighted by Gasteiger charge is 2.15. The summed E-state index contributed by atoms with van der Waals surface area (Å²) in [5.41, 5.74) is 1.37.